The van der Waals surface area contributed by atoms with Gasteiger partial charge in [-0.3, -0.25) is 0 Å². The van der Waals surface area contributed by atoms with Crippen molar-refractivity contribution in [3.05, 3.63) is 0 Å². The van der Waals surface area contributed by atoms with Crippen molar-refractivity contribution < 1.29 is 14.3 Å². The molecule has 0 aromatic rings. The van der Waals surface area contributed by atoms with E-state index in [-0.39, 0.29) is 11.6 Å². The molecule has 0 amide bonds. The van der Waals surface area contributed by atoms with E-state index >= 15 is 0 Å². The minimum atomic E-state index is -0.588. The van der Waals surface area contributed by atoms with E-state index in [0.717, 1.165) is 19.3 Å². The Morgan fingerprint density at radius 1 is 1.53 bits per heavy atom. The molecule has 3 heteroatoms. The summed E-state index contributed by atoms with van der Waals surface area (Å²) in [6.07, 6.45) is 3.96. The van der Waals surface area contributed by atoms with Crippen LogP contribution in [0.25, 0.3) is 0 Å². The molecule has 1 saturated carbocycles. The van der Waals surface area contributed by atoms with Gasteiger partial charge in [-0.05, 0) is 32.1 Å². The normalized spacial score (nSPS) is 42.5. The molecule has 2 rings (SSSR count). The standard InChI is InChI=1S/C12H20O3/c1-4-7-12(10(13)14-5-2)11(15-12)8-6-9(11)3/h9H,4-8H2,1-3H3. The van der Waals surface area contributed by atoms with Crippen LogP contribution in [-0.2, 0) is 14.3 Å². The molecule has 1 heterocycles. The molecule has 0 aromatic carbocycles. The monoisotopic (exact) mass is 212 g/mol. The molecule has 2 aliphatic rings. The van der Waals surface area contributed by atoms with Gasteiger partial charge >= 0.3 is 5.97 Å². The van der Waals surface area contributed by atoms with Crippen LogP contribution >= 0.6 is 0 Å². The lowest BCUT2D eigenvalue weighted by Gasteiger charge is -2.33. The number of esters is 1. The first-order chi connectivity index (χ1) is 7.13. The van der Waals surface area contributed by atoms with Crippen molar-refractivity contribution in [1.29, 1.82) is 0 Å². The summed E-state index contributed by atoms with van der Waals surface area (Å²) in [4.78, 5) is 11.9. The molecule has 3 nitrogen and oxygen atoms in total. The van der Waals surface area contributed by atoms with Gasteiger partial charge in [0.05, 0.1) is 6.61 Å². The van der Waals surface area contributed by atoms with Crippen LogP contribution in [-0.4, -0.2) is 23.8 Å². The number of rotatable bonds is 4. The van der Waals surface area contributed by atoms with Crippen molar-refractivity contribution in [2.75, 3.05) is 6.61 Å². The fraction of sp³-hybridized carbons (Fsp3) is 0.917. The highest BCUT2D eigenvalue weighted by Gasteiger charge is 2.79. The fourth-order valence-corrected chi connectivity index (χ4v) is 2.91. The predicted molar refractivity (Wildman–Crippen MR) is 56.5 cm³/mol. The Kier molecular flexibility index (Phi) is 2.53. The van der Waals surface area contributed by atoms with Crippen molar-refractivity contribution in [3.63, 3.8) is 0 Å². The maximum atomic E-state index is 11.9. The van der Waals surface area contributed by atoms with Gasteiger partial charge in [-0.15, -0.1) is 0 Å². The minimum absolute atomic E-state index is 0.140. The molecule has 0 radical (unpaired) electrons. The molecule has 0 bridgehead atoms. The Labute approximate surface area is 91.1 Å². The number of carbonyl (C=O) groups is 1. The second-order valence-electron chi connectivity index (χ2n) is 4.73. The lowest BCUT2D eigenvalue weighted by atomic mass is 9.66. The third-order valence-electron chi connectivity index (χ3n) is 3.95. The summed E-state index contributed by atoms with van der Waals surface area (Å²) >= 11 is 0. The molecule has 3 unspecified atom stereocenters. The van der Waals surface area contributed by atoms with Crippen LogP contribution < -0.4 is 0 Å². The van der Waals surface area contributed by atoms with Crippen molar-refractivity contribution in [2.24, 2.45) is 5.92 Å². The number of ether oxygens (including phenoxy) is 2. The van der Waals surface area contributed by atoms with Gasteiger partial charge in [0.2, 0.25) is 0 Å². The lowest BCUT2D eigenvalue weighted by molar-refractivity contribution is -0.150. The summed E-state index contributed by atoms with van der Waals surface area (Å²) in [6.45, 7) is 6.54. The first-order valence-electron chi connectivity index (χ1n) is 6.00. The molecule has 86 valence electrons. The van der Waals surface area contributed by atoms with Gasteiger partial charge in [0.25, 0.3) is 0 Å². The van der Waals surface area contributed by atoms with E-state index in [9.17, 15) is 4.79 Å². The zero-order valence-electron chi connectivity index (χ0n) is 9.84. The summed E-state index contributed by atoms with van der Waals surface area (Å²) in [5, 5.41) is 0. The number of epoxide rings is 1. The zero-order valence-corrected chi connectivity index (χ0v) is 9.84. The molecule has 1 saturated heterocycles. The highest BCUT2D eigenvalue weighted by atomic mass is 16.7. The van der Waals surface area contributed by atoms with Crippen LogP contribution in [0, 0.1) is 5.92 Å². The molecular weight excluding hydrogens is 192 g/mol. The van der Waals surface area contributed by atoms with Crippen molar-refractivity contribution in [2.45, 2.75) is 57.7 Å². The van der Waals surface area contributed by atoms with E-state index in [1.807, 2.05) is 6.92 Å². The Morgan fingerprint density at radius 3 is 2.60 bits per heavy atom. The Balaban J connectivity index is 2.11. The van der Waals surface area contributed by atoms with Gasteiger partial charge in [0, 0.05) is 0 Å². The van der Waals surface area contributed by atoms with Crippen LogP contribution in [0.1, 0.15) is 46.5 Å². The first-order valence-corrected chi connectivity index (χ1v) is 6.00. The number of hydrogen-bond acceptors (Lipinski definition) is 3. The maximum Gasteiger partial charge on any atom is 0.341 e. The number of hydrogen-bond donors (Lipinski definition) is 0. The Morgan fingerprint density at radius 2 is 2.27 bits per heavy atom. The molecule has 1 aliphatic heterocycles. The molecule has 15 heavy (non-hydrogen) atoms. The third-order valence-corrected chi connectivity index (χ3v) is 3.95. The number of carbonyl (C=O) groups excluding carboxylic acids is 1. The summed E-state index contributed by atoms with van der Waals surface area (Å²) in [7, 11) is 0. The average molecular weight is 212 g/mol. The topological polar surface area (TPSA) is 38.8 Å². The van der Waals surface area contributed by atoms with Gasteiger partial charge in [-0.1, -0.05) is 20.3 Å². The highest BCUT2D eigenvalue weighted by molar-refractivity contribution is 5.85. The van der Waals surface area contributed by atoms with Gasteiger partial charge in [-0.2, -0.15) is 0 Å². The largest absolute Gasteiger partial charge is 0.464 e. The van der Waals surface area contributed by atoms with E-state index in [1.54, 1.807) is 0 Å². The smallest absolute Gasteiger partial charge is 0.341 e. The molecule has 0 aromatic heterocycles. The highest BCUT2D eigenvalue weighted by Crippen LogP contribution is 2.65. The quantitative estimate of drug-likeness (QED) is 0.530. The van der Waals surface area contributed by atoms with E-state index < -0.39 is 5.60 Å². The van der Waals surface area contributed by atoms with Gasteiger partial charge in [0.1, 0.15) is 5.60 Å². The van der Waals surface area contributed by atoms with Crippen molar-refractivity contribution >= 4 is 5.97 Å². The molecule has 3 atom stereocenters. The van der Waals surface area contributed by atoms with E-state index in [1.165, 1.54) is 6.42 Å². The summed E-state index contributed by atoms with van der Waals surface area (Å²) in [5.74, 6) is 0.367. The zero-order chi connectivity index (χ0) is 11.1. The Hall–Kier alpha value is -0.570. The fourth-order valence-electron chi connectivity index (χ4n) is 2.91. The van der Waals surface area contributed by atoms with Crippen LogP contribution in [0.15, 0.2) is 0 Å². The second-order valence-corrected chi connectivity index (χ2v) is 4.73. The van der Waals surface area contributed by atoms with Crippen LogP contribution in [0.2, 0.25) is 0 Å². The van der Waals surface area contributed by atoms with Crippen LogP contribution in [0.5, 0.6) is 0 Å². The molecular formula is C12H20O3. The molecule has 1 aliphatic carbocycles. The first kappa shape index (κ1) is 10.9. The van der Waals surface area contributed by atoms with Gasteiger partial charge in [-0.25, -0.2) is 4.79 Å². The van der Waals surface area contributed by atoms with E-state index in [2.05, 4.69) is 13.8 Å². The summed E-state index contributed by atoms with van der Waals surface area (Å²) in [6, 6.07) is 0. The SMILES string of the molecule is CCCC1(C(=O)OCC)OC12CCC2C. The average Bonchev–Trinajstić information content (AvgIpc) is 2.90. The second kappa shape index (κ2) is 3.48. The van der Waals surface area contributed by atoms with E-state index in [4.69, 9.17) is 9.47 Å². The maximum absolute atomic E-state index is 11.9. The van der Waals surface area contributed by atoms with Crippen LogP contribution in [0.3, 0.4) is 0 Å². The summed E-state index contributed by atoms with van der Waals surface area (Å²) < 4.78 is 11.0. The summed E-state index contributed by atoms with van der Waals surface area (Å²) in [5.41, 5.74) is -0.745. The van der Waals surface area contributed by atoms with Gasteiger partial charge in [0.15, 0.2) is 5.60 Å². The molecule has 0 N–H and O–H groups in total. The van der Waals surface area contributed by atoms with Crippen molar-refractivity contribution in [1.82, 2.24) is 0 Å². The van der Waals surface area contributed by atoms with Crippen LogP contribution in [0.4, 0.5) is 0 Å². The van der Waals surface area contributed by atoms with E-state index in [0.29, 0.717) is 12.5 Å². The van der Waals surface area contributed by atoms with Gasteiger partial charge < -0.3 is 9.47 Å². The Bertz CT molecular complexity index is 276. The molecule has 1 spiro atoms. The third kappa shape index (κ3) is 1.25. The van der Waals surface area contributed by atoms with Crippen molar-refractivity contribution in [3.8, 4) is 0 Å². The predicted octanol–water partition coefficient (Wildman–Crippen LogP) is 2.29. The minimum Gasteiger partial charge on any atom is -0.464 e. The lowest BCUT2D eigenvalue weighted by Crippen LogP contribution is -2.45. The molecule has 2 fully saturated rings.